The van der Waals surface area contributed by atoms with Crippen LogP contribution in [0.2, 0.25) is 0 Å². The SMILES string of the molecule is CC(C)NCc1csc(S(=O)(=O)Nc2cnn(C)c2)c1. The molecule has 0 atom stereocenters. The van der Waals surface area contributed by atoms with Crippen LogP contribution in [0.25, 0.3) is 0 Å². The number of anilines is 1. The second-order valence-electron chi connectivity index (χ2n) is 4.82. The summed E-state index contributed by atoms with van der Waals surface area (Å²) in [5.74, 6) is 0. The molecule has 0 amide bonds. The average molecular weight is 314 g/mol. The zero-order valence-electron chi connectivity index (χ0n) is 11.6. The quantitative estimate of drug-likeness (QED) is 0.852. The Morgan fingerprint density at radius 3 is 2.80 bits per heavy atom. The van der Waals surface area contributed by atoms with E-state index in [1.165, 1.54) is 17.5 Å². The van der Waals surface area contributed by atoms with Crippen molar-refractivity contribution in [1.82, 2.24) is 15.1 Å². The van der Waals surface area contributed by atoms with Gasteiger partial charge in [0.05, 0.1) is 11.9 Å². The Morgan fingerprint density at radius 2 is 2.20 bits per heavy atom. The highest BCUT2D eigenvalue weighted by Crippen LogP contribution is 2.22. The minimum Gasteiger partial charge on any atom is -0.310 e. The first-order chi connectivity index (χ1) is 9.37. The monoisotopic (exact) mass is 314 g/mol. The van der Waals surface area contributed by atoms with E-state index in [0.29, 0.717) is 22.5 Å². The molecule has 0 saturated carbocycles. The molecular weight excluding hydrogens is 296 g/mol. The molecule has 0 unspecified atom stereocenters. The highest BCUT2D eigenvalue weighted by molar-refractivity contribution is 7.94. The van der Waals surface area contributed by atoms with Crippen LogP contribution in [0.3, 0.4) is 0 Å². The second-order valence-corrected chi connectivity index (χ2v) is 7.64. The van der Waals surface area contributed by atoms with E-state index in [2.05, 4.69) is 15.1 Å². The topological polar surface area (TPSA) is 76.0 Å². The summed E-state index contributed by atoms with van der Waals surface area (Å²) in [5.41, 5.74) is 1.43. The van der Waals surface area contributed by atoms with Gasteiger partial charge in [0.1, 0.15) is 4.21 Å². The number of aromatic nitrogens is 2. The number of aryl methyl sites for hydroxylation is 1. The van der Waals surface area contributed by atoms with Crippen LogP contribution in [0.15, 0.2) is 28.0 Å². The van der Waals surface area contributed by atoms with Crippen LogP contribution in [0, 0.1) is 0 Å². The van der Waals surface area contributed by atoms with Crippen LogP contribution >= 0.6 is 11.3 Å². The standard InChI is InChI=1S/C12H18N4O2S2/c1-9(2)13-5-10-4-12(19-8-10)20(17,18)15-11-6-14-16(3)7-11/h4,6-9,13,15H,5H2,1-3H3. The number of rotatable bonds is 6. The fourth-order valence-corrected chi connectivity index (χ4v) is 3.83. The van der Waals surface area contributed by atoms with Crippen molar-refractivity contribution in [1.29, 1.82) is 0 Å². The van der Waals surface area contributed by atoms with Gasteiger partial charge >= 0.3 is 0 Å². The van der Waals surface area contributed by atoms with Gasteiger partial charge in [-0.1, -0.05) is 13.8 Å². The van der Waals surface area contributed by atoms with E-state index >= 15 is 0 Å². The molecule has 0 aliphatic carbocycles. The molecule has 6 nitrogen and oxygen atoms in total. The predicted octanol–water partition coefficient (Wildman–Crippen LogP) is 1.78. The molecule has 2 heterocycles. The van der Waals surface area contributed by atoms with Gasteiger partial charge in [-0.05, 0) is 17.0 Å². The van der Waals surface area contributed by atoms with Gasteiger partial charge < -0.3 is 5.32 Å². The Bertz CT molecular complexity index is 673. The van der Waals surface area contributed by atoms with Gasteiger partial charge in [0, 0.05) is 25.8 Å². The van der Waals surface area contributed by atoms with E-state index in [0.717, 1.165) is 5.56 Å². The average Bonchev–Trinajstić information content (AvgIpc) is 2.95. The molecule has 2 rings (SSSR count). The smallest absolute Gasteiger partial charge is 0.271 e. The molecule has 0 fully saturated rings. The molecule has 0 aliphatic heterocycles. The number of thiophene rings is 1. The van der Waals surface area contributed by atoms with Crippen molar-refractivity contribution in [3.63, 3.8) is 0 Å². The summed E-state index contributed by atoms with van der Waals surface area (Å²) in [4.78, 5) is 0. The Kier molecular flexibility index (Phi) is 4.46. The first kappa shape index (κ1) is 15.0. The largest absolute Gasteiger partial charge is 0.310 e. The van der Waals surface area contributed by atoms with Crippen molar-refractivity contribution >= 4 is 27.0 Å². The maximum Gasteiger partial charge on any atom is 0.271 e. The lowest BCUT2D eigenvalue weighted by molar-refractivity contribution is 0.589. The minimum atomic E-state index is -3.53. The highest BCUT2D eigenvalue weighted by Gasteiger charge is 2.17. The summed E-state index contributed by atoms with van der Waals surface area (Å²) in [6, 6.07) is 2.06. The summed E-state index contributed by atoms with van der Waals surface area (Å²) in [5, 5.41) is 9.04. The van der Waals surface area contributed by atoms with Crippen LogP contribution in [-0.4, -0.2) is 24.2 Å². The number of nitrogens with one attached hydrogen (secondary N) is 2. The molecule has 110 valence electrons. The maximum atomic E-state index is 12.2. The van der Waals surface area contributed by atoms with Gasteiger partial charge in [0.25, 0.3) is 10.0 Å². The Balaban J connectivity index is 2.09. The normalized spacial score (nSPS) is 12.0. The van der Waals surface area contributed by atoms with E-state index in [9.17, 15) is 8.42 Å². The van der Waals surface area contributed by atoms with Gasteiger partial charge in [-0.3, -0.25) is 9.40 Å². The molecule has 0 spiro atoms. The number of sulfonamides is 1. The molecule has 8 heteroatoms. The molecule has 0 radical (unpaired) electrons. The van der Waals surface area contributed by atoms with Crippen LogP contribution in [0.5, 0.6) is 0 Å². The summed E-state index contributed by atoms with van der Waals surface area (Å²) < 4.78 is 28.8. The number of nitrogens with zero attached hydrogens (tertiary/aromatic N) is 2. The Morgan fingerprint density at radius 1 is 1.45 bits per heavy atom. The third kappa shape index (κ3) is 3.81. The lowest BCUT2D eigenvalue weighted by Crippen LogP contribution is -2.21. The van der Waals surface area contributed by atoms with E-state index in [-0.39, 0.29) is 0 Å². The van der Waals surface area contributed by atoms with Crippen LogP contribution in [0.4, 0.5) is 5.69 Å². The van der Waals surface area contributed by atoms with E-state index in [1.54, 1.807) is 24.0 Å². The maximum absolute atomic E-state index is 12.2. The summed E-state index contributed by atoms with van der Waals surface area (Å²) in [6.07, 6.45) is 3.10. The van der Waals surface area contributed by atoms with Crippen LogP contribution < -0.4 is 10.0 Å². The van der Waals surface area contributed by atoms with Crippen molar-refractivity contribution in [3.05, 3.63) is 29.4 Å². The van der Waals surface area contributed by atoms with Gasteiger partial charge in [-0.25, -0.2) is 8.42 Å². The van der Waals surface area contributed by atoms with Crippen molar-refractivity contribution in [3.8, 4) is 0 Å². The molecule has 2 N–H and O–H groups in total. The number of hydrogen-bond donors (Lipinski definition) is 2. The highest BCUT2D eigenvalue weighted by atomic mass is 32.2. The number of hydrogen-bond acceptors (Lipinski definition) is 5. The van der Waals surface area contributed by atoms with Gasteiger partial charge in [-0.15, -0.1) is 11.3 Å². The van der Waals surface area contributed by atoms with E-state index in [1.807, 2.05) is 19.2 Å². The molecular formula is C12H18N4O2S2. The lowest BCUT2D eigenvalue weighted by atomic mass is 10.3. The summed E-state index contributed by atoms with van der Waals surface area (Å²) in [7, 11) is -1.80. The zero-order valence-corrected chi connectivity index (χ0v) is 13.3. The second kappa shape index (κ2) is 5.94. The third-order valence-corrected chi connectivity index (χ3v) is 5.44. The zero-order chi connectivity index (χ0) is 14.8. The van der Waals surface area contributed by atoms with Crippen LogP contribution in [-0.2, 0) is 23.6 Å². The van der Waals surface area contributed by atoms with Crippen molar-refractivity contribution in [2.24, 2.45) is 7.05 Å². The van der Waals surface area contributed by atoms with Crippen molar-refractivity contribution in [2.75, 3.05) is 4.72 Å². The molecule has 0 bridgehead atoms. The summed E-state index contributed by atoms with van der Waals surface area (Å²) in [6.45, 7) is 4.76. The molecule has 0 aliphatic rings. The lowest BCUT2D eigenvalue weighted by Gasteiger charge is -2.05. The summed E-state index contributed by atoms with van der Waals surface area (Å²) >= 11 is 1.22. The Hall–Kier alpha value is -1.38. The molecule has 2 aromatic rings. The van der Waals surface area contributed by atoms with E-state index in [4.69, 9.17) is 0 Å². The van der Waals surface area contributed by atoms with Crippen LogP contribution in [0.1, 0.15) is 19.4 Å². The molecule has 0 aromatic carbocycles. The fraction of sp³-hybridized carbons (Fsp3) is 0.417. The predicted molar refractivity (Wildman–Crippen MR) is 80.3 cm³/mol. The third-order valence-electron chi connectivity index (χ3n) is 2.57. The van der Waals surface area contributed by atoms with Gasteiger partial charge in [0.15, 0.2) is 0 Å². The molecule has 0 saturated heterocycles. The van der Waals surface area contributed by atoms with Crippen molar-refractivity contribution < 1.29 is 8.42 Å². The first-order valence-electron chi connectivity index (χ1n) is 6.19. The van der Waals surface area contributed by atoms with Crippen molar-refractivity contribution in [2.45, 2.75) is 30.6 Å². The van der Waals surface area contributed by atoms with Gasteiger partial charge in [-0.2, -0.15) is 5.10 Å². The fourth-order valence-electron chi connectivity index (χ4n) is 1.59. The first-order valence-corrected chi connectivity index (χ1v) is 8.55. The van der Waals surface area contributed by atoms with E-state index < -0.39 is 10.0 Å². The van der Waals surface area contributed by atoms with Gasteiger partial charge in [0.2, 0.25) is 0 Å². The Labute approximate surface area is 122 Å². The molecule has 20 heavy (non-hydrogen) atoms. The molecule has 2 aromatic heterocycles. The minimum absolute atomic E-state index is 0.307.